The maximum atomic E-state index is 11.1. The van der Waals surface area contributed by atoms with E-state index in [-0.39, 0.29) is 5.56 Å². The van der Waals surface area contributed by atoms with E-state index < -0.39 is 5.97 Å². The van der Waals surface area contributed by atoms with Crippen molar-refractivity contribution in [2.75, 3.05) is 12.4 Å². The van der Waals surface area contributed by atoms with Crippen LogP contribution in [0, 0.1) is 0 Å². The van der Waals surface area contributed by atoms with Crippen molar-refractivity contribution >= 4 is 39.0 Å². The third-order valence-electron chi connectivity index (χ3n) is 2.94. The molecule has 0 unspecified atom stereocenters. The summed E-state index contributed by atoms with van der Waals surface area (Å²) >= 11 is 1.54. The molecule has 0 bridgehead atoms. The Morgan fingerprint density at radius 3 is 2.95 bits per heavy atom. The lowest BCUT2D eigenvalue weighted by Crippen LogP contribution is -2.02. The number of aromatic nitrogens is 2. The standard InChI is InChI=1S/C14H11N3O3S/c1-20-11-6-8(2-3-9(11)14(18)19)17-13-12-10(4-5-21-12)15-7-16-13/h2-7H,1H3,(H,18,19)(H,15,16,17). The van der Waals surface area contributed by atoms with E-state index in [2.05, 4.69) is 15.3 Å². The Hall–Kier alpha value is -2.67. The van der Waals surface area contributed by atoms with Crippen molar-refractivity contribution in [1.82, 2.24) is 9.97 Å². The molecule has 0 saturated heterocycles. The summed E-state index contributed by atoms with van der Waals surface area (Å²) in [4.78, 5) is 19.5. The normalized spacial score (nSPS) is 10.5. The highest BCUT2D eigenvalue weighted by Crippen LogP contribution is 2.29. The van der Waals surface area contributed by atoms with Gasteiger partial charge in [-0.3, -0.25) is 0 Å². The molecule has 0 aliphatic carbocycles. The second-order valence-electron chi connectivity index (χ2n) is 4.20. The highest BCUT2D eigenvalue weighted by atomic mass is 32.1. The first-order valence-electron chi connectivity index (χ1n) is 6.05. The molecular formula is C14H11N3O3S. The molecule has 2 heterocycles. The Morgan fingerprint density at radius 2 is 2.19 bits per heavy atom. The van der Waals surface area contributed by atoms with Crippen LogP contribution in [-0.2, 0) is 0 Å². The predicted octanol–water partition coefficient (Wildman–Crippen LogP) is 3.14. The Labute approximate surface area is 124 Å². The van der Waals surface area contributed by atoms with Gasteiger partial charge in [0.2, 0.25) is 0 Å². The quantitative estimate of drug-likeness (QED) is 0.770. The lowest BCUT2D eigenvalue weighted by Gasteiger charge is -2.10. The average molecular weight is 301 g/mol. The minimum atomic E-state index is -1.03. The number of rotatable bonds is 4. The molecule has 1 aromatic carbocycles. The topological polar surface area (TPSA) is 84.3 Å². The van der Waals surface area contributed by atoms with E-state index in [1.165, 1.54) is 30.8 Å². The van der Waals surface area contributed by atoms with Gasteiger partial charge in [0.15, 0.2) is 5.82 Å². The first-order valence-corrected chi connectivity index (χ1v) is 6.93. The van der Waals surface area contributed by atoms with Crippen molar-refractivity contribution in [2.24, 2.45) is 0 Å². The molecule has 0 amide bonds. The van der Waals surface area contributed by atoms with E-state index in [1.807, 2.05) is 11.4 Å². The number of methoxy groups -OCH3 is 1. The number of hydrogen-bond acceptors (Lipinski definition) is 6. The van der Waals surface area contributed by atoms with Gasteiger partial charge in [0, 0.05) is 11.8 Å². The van der Waals surface area contributed by atoms with Crippen LogP contribution in [0.4, 0.5) is 11.5 Å². The summed E-state index contributed by atoms with van der Waals surface area (Å²) < 4.78 is 6.05. The third kappa shape index (κ3) is 2.50. The molecule has 3 aromatic rings. The summed E-state index contributed by atoms with van der Waals surface area (Å²) in [6, 6.07) is 6.72. The molecular weight excluding hydrogens is 290 g/mol. The number of benzene rings is 1. The third-order valence-corrected chi connectivity index (χ3v) is 3.85. The summed E-state index contributed by atoms with van der Waals surface area (Å²) in [5, 5.41) is 14.2. The highest BCUT2D eigenvalue weighted by Gasteiger charge is 2.12. The van der Waals surface area contributed by atoms with Crippen LogP contribution in [0.5, 0.6) is 5.75 Å². The van der Waals surface area contributed by atoms with Crippen molar-refractivity contribution < 1.29 is 14.6 Å². The molecule has 0 saturated carbocycles. The number of carboxylic acids is 1. The molecule has 7 heteroatoms. The highest BCUT2D eigenvalue weighted by molar-refractivity contribution is 7.17. The predicted molar refractivity (Wildman–Crippen MR) is 80.7 cm³/mol. The van der Waals surface area contributed by atoms with Crippen molar-refractivity contribution in [2.45, 2.75) is 0 Å². The Kier molecular flexibility index (Phi) is 3.41. The van der Waals surface area contributed by atoms with E-state index in [0.29, 0.717) is 17.3 Å². The molecule has 2 N–H and O–H groups in total. The van der Waals surface area contributed by atoms with Crippen LogP contribution < -0.4 is 10.1 Å². The number of aromatic carboxylic acids is 1. The molecule has 6 nitrogen and oxygen atoms in total. The van der Waals surface area contributed by atoms with Crippen molar-refractivity contribution in [3.05, 3.63) is 41.5 Å². The van der Waals surface area contributed by atoms with Gasteiger partial charge in [0.25, 0.3) is 0 Å². The number of hydrogen-bond donors (Lipinski definition) is 2. The Balaban J connectivity index is 1.98. The molecule has 0 spiro atoms. The molecule has 106 valence electrons. The van der Waals surface area contributed by atoms with E-state index in [0.717, 1.165) is 10.2 Å². The SMILES string of the molecule is COc1cc(Nc2ncnc3ccsc23)ccc1C(=O)O. The van der Waals surface area contributed by atoms with E-state index in [9.17, 15) is 4.79 Å². The largest absolute Gasteiger partial charge is 0.496 e. The van der Waals surface area contributed by atoms with Crippen LogP contribution in [0.25, 0.3) is 10.2 Å². The first kappa shape index (κ1) is 13.3. The van der Waals surface area contributed by atoms with Gasteiger partial charge >= 0.3 is 5.97 Å². The van der Waals surface area contributed by atoms with Crippen LogP contribution in [-0.4, -0.2) is 28.2 Å². The second kappa shape index (κ2) is 5.37. The van der Waals surface area contributed by atoms with Gasteiger partial charge in [0.1, 0.15) is 17.6 Å². The lowest BCUT2D eigenvalue weighted by atomic mass is 10.2. The number of nitrogens with zero attached hydrogens (tertiary/aromatic N) is 2. The first-order chi connectivity index (χ1) is 10.2. The number of anilines is 2. The minimum absolute atomic E-state index is 0.118. The van der Waals surface area contributed by atoms with Crippen LogP contribution in [0.2, 0.25) is 0 Å². The van der Waals surface area contributed by atoms with Crippen molar-refractivity contribution in [3.8, 4) is 5.75 Å². The second-order valence-corrected chi connectivity index (χ2v) is 5.12. The zero-order chi connectivity index (χ0) is 14.8. The monoisotopic (exact) mass is 301 g/mol. The van der Waals surface area contributed by atoms with Crippen molar-refractivity contribution in [3.63, 3.8) is 0 Å². The Morgan fingerprint density at radius 1 is 1.33 bits per heavy atom. The summed E-state index contributed by atoms with van der Waals surface area (Å²) in [6.45, 7) is 0. The summed E-state index contributed by atoms with van der Waals surface area (Å²) in [7, 11) is 1.44. The van der Waals surface area contributed by atoms with Gasteiger partial charge < -0.3 is 15.2 Å². The van der Waals surface area contributed by atoms with Gasteiger partial charge in [-0.15, -0.1) is 11.3 Å². The van der Waals surface area contributed by atoms with Crippen LogP contribution >= 0.6 is 11.3 Å². The molecule has 0 fully saturated rings. The molecule has 21 heavy (non-hydrogen) atoms. The molecule has 0 radical (unpaired) electrons. The average Bonchev–Trinajstić information content (AvgIpc) is 2.96. The van der Waals surface area contributed by atoms with Gasteiger partial charge in [-0.1, -0.05) is 0 Å². The molecule has 2 aromatic heterocycles. The molecule has 3 rings (SSSR count). The zero-order valence-corrected chi connectivity index (χ0v) is 11.8. The maximum absolute atomic E-state index is 11.1. The fourth-order valence-electron chi connectivity index (χ4n) is 1.96. The minimum Gasteiger partial charge on any atom is -0.496 e. The zero-order valence-electron chi connectivity index (χ0n) is 11.0. The van der Waals surface area contributed by atoms with Crippen LogP contribution in [0.1, 0.15) is 10.4 Å². The maximum Gasteiger partial charge on any atom is 0.339 e. The fourth-order valence-corrected chi connectivity index (χ4v) is 2.75. The van der Waals surface area contributed by atoms with E-state index in [1.54, 1.807) is 12.1 Å². The van der Waals surface area contributed by atoms with Crippen molar-refractivity contribution in [1.29, 1.82) is 0 Å². The number of carbonyl (C=O) groups is 1. The summed E-state index contributed by atoms with van der Waals surface area (Å²) in [6.07, 6.45) is 1.49. The van der Waals surface area contributed by atoms with Gasteiger partial charge in [-0.05, 0) is 23.6 Å². The number of nitrogens with one attached hydrogen (secondary N) is 1. The number of fused-ring (bicyclic) bond motifs is 1. The van der Waals surface area contributed by atoms with Crippen LogP contribution in [0.15, 0.2) is 36.0 Å². The molecule has 0 aliphatic rings. The van der Waals surface area contributed by atoms with E-state index in [4.69, 9.17) is 9.84 Å². The van der Waals surface area contributed by atoms with Gasteiger partial charge in [0.05, 0.1) is 17.3 Å². The van der Waals surface area contributed by atoms with Gasteiger partial charge in [-0.2, -0.15) is 0 Å². The summed E-state index contributed by atoms with van der Waals surface area (Å²) in [5.41, 5.74) is 1.68. The molecule has 0 atom stereocenters. The fraction of sp³-hybridized carbons (Fsp3) is 0.0714. The lowest BCUT2D eigenvalue weighted by molar-refractivity contribution is 0.0693. The smallest absolute Gasteiger partial charge is 0.339 e. The Bertz CT molecular complexity index is 816. The number of ether oxygens (including phenoxy) is 1. The number of thiophene rings is 1. The van der Waals surface area contributed by atoms with Crippen LogP contribution in [0.3, 0.4) is 0 Å². The molecule has 0 aliphatic heterocycles. The number of carboxylic acid groups (broad SMARTS) is 1. The van der Waals surface area contributed by atoms with E-state index >= 15 is 0 Å². The summed E-state index contributed by atoms with van der Waals surface area (Å²) in [5.74, 6) is -0.0507. The van der Waals surface area contributed by atoms with Gasteiger partial charge in [-0.25, -0.2) is 14.8 Å².